The lowest BCUT2D eigenvalue weighted by molar-refractivity contribution is -0.143. The molecule has 9 heteroatoms. The summed E-state index contributed by atoms with van der Waals surface area (Å²) in [6.07, 6.45) is 3.66. The largest absolute Gasteiger partial charge is 0.334 e. The Labute approximate surface area is 156 Å². The first kappa shape index (κ1) is 19.6. The maximum Gasteiger partial charge on any atom is 0.334 e. The van der Waals surface area contributed by atoms with Gasteiger partial charge >= 0.3 is 5.97 Å². The van der Waals surface area contributed by atoms with Gasteiger partial charge in [-0.05, 0) is 17.7 Å². The summed E-state index contributed by atoms with van der Waals surface area (Å²) >= 11 is 5.95. The molecule has 2 aromatic rings. The van der Waals surface area contributed by atoms with E-state index in [2.05, 4.69) is 27.3 Å². The Hall–Kier alpha value is -2.71. The molecule has 0 saturated heterocycles. The van der Waals surface area contributed by atoms with Crippen LogP contribution < -0.4 is 5.48 Å². The molecule has 0 aliphatic carbocycles. The molecule has 1 aromatic carbocycles. The van der Waals surface area contributed by atoms with Crippen LogP contribution in [0.4, 0.5) is 0 Å². The van der Waals surface area contributed by atoms with Gasteiger partial charge in [0.25, 0.3) is 0 Å². The zero-order valence-electron chi connectivity index (χ0n) is 14.6. The highest BCUT2D eigenvalue weighted by Crippen LogP contribution is 2.20. The average molecular weight is 378 g/mol. The van der Waals surface area contributed by atoms with Crippen molar-refractivity contribution in [3.8, 4) is 0 Å². The molecule has 0 saturated carbocycles. The number of hydroxylamine groups is 1. The number of nitrogens with one attached hydrogen (secondary N) is 1. The number of rotatable bonds is 9. The van der Waals surface area contributed by atoms with Crippen LogP contribution in [0.3, 0.4) is 0 Å². The highest BCUT2D eigenvalue weighted by atomic mass is 35.5. The molecule has 8 nitrogen and oxygen atoms in total. The number of carbonyl (C=O) groups is 1. The van der Waals surface area contributed by atoms with Crippen LogP contribution in [0.1, 0.15) is 24.9 Å². The van der Waals surface area contributed by atoms with Gasteiger partial charge in [0.1, 0.15) is 24.4 Å². The summed E-state index contributed by atoms with van der Waals surface area (Å²) in [7, 11) is 1.45. The Morgan fingerprint density at radius 2 is 2.15 bits per heavy atom. The van der Waals surface area contributed by atoms with Crippen molar-refractivity contribution in [1.29, 1.82) is 0 Å². The molecule has 0 radical (unpaired) electrons. The van der Waals surface area contributed by atoms with Crippen molar-refractivity contribution in [2.75, 3.05) is 7.11 Å². The van der Waals surface area contributed by atoms with E-state index in [1.54, 1.807) is 30.1 Å². The highest BCUT2D eigenvalue weighted by molar-refractivity contribution is 6.30. The highest BCUT2D eigenvalue weighted by Gasteiger charge is 2.24. The zero-order valence-corrected chi connectivity index (χ0v) is 15.3. The summed E-state index contributed by atoms with van der Waals surface area (Å²) in [6, 6.07) is 6.96. The number of hydrogen-bond acceptors (Lipinski definition) is 7. The van der Waals surface area contributed by atoms with Gasteiger partial charge in [-0.1, -0.05) is 42.4 Å². The third-order valence-corrected chi connectivity index (χ3v) is 3.73. The Morgan fingerprint density at radius 1 is 1.42 bits per heavy atom. The topological polar surface area (TPSA) is 90.6 Å². The van der Waals surface area contributed by atoms with E-state index in [0.717, 1.165) is 5.56 Å². The Bertz CT molecular complexity index is 759. The van der Waals surface area contributed by atoms with Gasteiger partial charge in [0, 0.05) is 17.9 Å². The lowest BCUT2D eigenvalue weighted by atomic mass is 10.0. The van der Waals surface area contributed by atoms with Crippen LogP contribution in [-0.4, -0.2) is 33.6 Å². The summed E-state index contributed by atoms with van der Waals surface area (Å²) in [6.45, 7) is 5.58. The van der Waals surface area contributed by atoms with Crippen LogP contribution in [0.2, 0.25) is 5.02 Å². The Kier molecular flexibility index (Phi) is 7.31. The van der Waals surface area contributed by atoms with Crippen LogP contribution in [-0.2, 0) is 20.9 Å². The van der Waals surface area contributed by atoms with Gasteiger partial charge in [0.15, 0.2) is 0 Å². The first-order valence-corrected chi connectivity index (χ1v) is 8.27. The van der Waals surface area contributed by atoms with Gasteiger partial charge in [-0.2, -0.15) is 5.10 Å². The Morgan fingerprint density at radius 3 is 2.73 bits per heavy atom. The number of oxime groups is 1. The molecule has 0 aliphatic heterocycles. The average Bonchev–Trinajstić information content (AvgIpc) is 3.17. The Balaban J connectivity index is 2.38. The van der Waals surface area contributed by atoms with E-state index in [1.807, 2.05) is 12.1 Å². The molecule has 2 rings (SSSR count). The van der Waals surface area contributed by atoms with Crippen molar-refractivity contribution in [3.05, 3.63) is 59.8 Å². The van der Waals surface area contributed by atoms with Gasteiger partial charge in [-0.3, -0.25) is 10.3 Å². The summed E-state index contributed by atoms with van der Waals surface area (Å²) in [5.41, 5.74) is 4.30. The van der Waals surface area contributed by atoms with E-state index in [0.29, 0.717) is 22.9 Å². The third-order valence-electron chi connectivity index (χ3n) is 3.48. The summed E-state index contributed by atoms with van der Waals surface area (Å²) < 4.78 is 1.61. The molecule has 1 heterocycles. The first-order chi connectivity index (χ1) is 12.5. The smallest absolute Gasteiger partial charge is 0.318 e. The second-order valence-electron chi connectivity index (χ2n) is 5.30. The minimum absolute atomic E-state index is 0.201. The quantitative estimate of drug-likeness (QED) is 0.410. The number of benzene rings is 1. The molecule has 1 unspecified atom stereocenters. The number of aromatic nitrogens is 3. The number of hydrogen-bond donors (Lipinski definition) is 1. The van der Waals surface area contributed by atoms with Gasteiger partial charge in [-0.15, -0.1) is 0 Å². The van der Waals surface area contributed by atoms with E-state index < -0.39 is 12.0 Å². The molecule has 0 aliphatic rings. The zero-order chi connectivity index (χ0) is 18.9. The number of halogens is 1. The van der Waals surface area contributed by atoms with Gasteiger partial charge < -0.3 is 4.84 Å². The third kappa shape index (κ3) is 5.40. The van der Waals surface area contributed by atoms with Crippen molar-refractivity contribution in [1.82, 2.24) is 20.2 Å². The fourth-order valence-corrected chi connectivity index (χ4v) is 2.32. The fraction of sp³-hybridized carbons (Fsp3) is 0.294. The maximum atomic E-state index is 11.5. The van der Waals surface area contributed by atoms with Crippen molar-refractivity contribution >= 4 is 23.3 Å². The van der Waals surface area contributed by atoms with E-state index >= 15 is 0 Å². The molecule has 0 fully saturated rings. The minimum atomic E-state index is -0.462. The van der Waals surface area contributed by atoms with Gasteiger partial charge in [-0.25, -0.2) is 14.5 Å². The maximum absolute atomic E-state index is 11.5. The van der Waals surface area contributed by atoms with Crippen molar-refractivity contribution in [2.24, 2.45) is 5.16 Å². The summed E-state index contributed by atoms with van der Waals surface area (Å²) in [4.78, 5) is 25.4. The predicted octanol–water partition coefficient (Wildman–Crippen LogP) is 2.69. The SMILES string of the molecule is C=C(NOC)C(=NOC(=O)CC)C(Cc1ccc(Cl)cc1)n1cncn1. The number of carbonyl (C=O) groups excluding carboxylic acids is 1. The van der Waals surface area contributed by atoms with Crippen molar-refractivity contribution in [2.45, 2.75) is 25.8 Å². The summed E-state index contributed by atoms with van der Waals surface area (Å²) in [5, 5.41) is 8.82. The van der Waals surface area contributed by atoms with Crippen LogP contribution in [0.15, 0.2) is 54.4 Å². The van der Waals surface area contributed by atoms with Crippen molar-refractivity contribution in [3.63, 3.8) is 0 Å². The second kappa shape index (κ2) is 9.69. The van der Waals surface area contributed by atoms with E-state index in [-0.39, 0.29) is 6.42 Å². The minimum Gasteiger partial charge on any atom is -0.318 e. The standard InChI is InChI=1S/C17H20ClN5O3/c1-4-16(24)26-22-17(12(2)21-25-3)15(23-11-19-10-20-23)9-13-5-7-14(18)8-6-13/h5-8,10-11,15,21H,2,4,9H2,1,3H3. The summed E-state index contributed by atoms with van der Waals surface area (Å²) in [5.74, 6) is -0.462. The van der Waals surface area contributed by atoms with Crippen LogP contribution in [0.25, 0.3) is 0 Å². The molecule has 0 bridgehead atoms. The lowest BCUT2D eigenvalue weighted by Gasteiger charge is -2.20. The molecular weight excluding hydrogens is 358 g/mol. The van der Waals surface area contributed by atoms with Gasteiger partial charge in [0.2, 0.25) is 0 Å². The molecular formula is C17H20ClN5O3. The monoisotopic (exact) mass is 377 g/mol. The fourth-order valence-electron chi connectivity index (χ4n) is 2.19. The number of allylic oxidation sites excluding steroid dienone is 1. The normalized spacial score (nSPS) is 12.5. The lowest BCUT2D eigenvalue weighted by Crippen LogP contribution is -2.30. The molecule has 0 spiro atoms. The second-order valence-corrected chi connectivity index (χ2v) is 5.74. The number of nitrogens with zero attached hydrogens (tertiary/aromatic N) is 4. The van der Waals surface area contributed by atoms with E-state index in [1.165, 1.54) is 13.4 Å². The molecule has 1 atom stereocenters. The van der Waals surface area contributed by atoms with Gasteiger partial charge in [0.05, 0.1) is 12.8 Å². The van der Waals surface area contributed by atoms with Crippen molar-refractivity contribution < 1.29 is 14.5 Å². The van der Waals surface area contributed by atoms with Crippen LogP contribution in [0.5, 0.6) is 0 Å². The molecule has 1 aromatic heterocycles. The van der Waals surface area contributed by atoms with Crippen LogP contribution in [0, 0.1) is 0 Å². The first-order valence-electron chi connectivity index (χ1n) is 7.89. The van der Waals surface area contributed by atoms with E-state index in [9.17, 15) is 4.79 Å². The molecule has 0 amide bonds. The molecule has 1 N–H and O–H groups in total. The predicted molar refractivity (Wildman–Crippen MR) is 97.3 cm³/mol. The van der Waals surface area contributed by atoms with Crippen LogP contribution >= 0.6 is 11.6 Å². The van der Waals surface area contributed by atoms with E-state index in [4.69, 9.17) is 21.3 Å². The molecule has 26 heavy (non-hydrogen) atoms. The molecule has 138 valence electrons.